The second-order valence-electron chi connectivity index (χ2n) is 3.45. The SMILES string of the molecule is Cc1nnc(COc2cc(Cl)ccc2C(=O)O)o1. The van der Waals surface area contributed by atoms with Crippen molar-refractivity contribution in [2.24, 2.45) is 0 Å². The molecule has 0 radical (unpaired) electrons. The molecule has 0 saturated carbocycles. The van der Waals surface area contributed by atoms with Gasteiger partial charge in [-0.2, -0.15) is 0 Å². The van der Waals surface area contributed by atoms with Gasteiger partial charge in [0.25, 0.3) is 5.89 Å². The van der Waals surface area contributed by atoms with Gasteiger partial charge in [0, 0.05) is 11.9 Å². The van der Waals surface area contributed by atoms with Crippen LogP contribution >= 0.6 is 11.6 Å². The summed E-state index contributed by atoms with van der Waals surface area (Å²) in [4.78, 5) is 11.0. The quantitative estimate of drug-likeness (QED) is 0.916. The van der Waals surface area contributed by atoms with Gasteiger partial charge >= 0.3 is 5.97 Å². The van der Waals surface area contributed by atoms with Crippen LogP contribution < -0.4 is 4.74 Å². The summed E-state index contributed by atoms with van der Waals surface area (Å²) in [5.74, 6) is -0.254. The lowest BCUT2D eigenvalue weighted by molar-refractivity contribution is 0.0691. The van der Waals surface area contributed by atoms with Crippen LogP contribution in [0.25, 0.3) is 0 Å². The number of aromatic carboxylic acids is 1. The smallest absolute Gasteiger partial charge is 0.339 e. The molecule has 0 aliphatic carbocycles. The van der Waals surface area contributed by atoms with Crippen molar-refractivity contribution in [1.82, 2.24) is 10.2 Å². The summed E-state index contributed by atoms with van der Waals surface area (Å²) >= 11 is 5.78. The van der Waals surface area contributed by atoms with Crippen LogP contribution in [0.1, 0.15) is 22.1 Å². The van der Waals surface area contributed by atoms with Crippen LogP contribution in [0.3, 0.4) is 0 Å². The first-order valence-corrected chi connectivity index (χ1v) is 5.38. The van der Waals surface area contributed by atoms with Crippen molar-refractivity contribution in [3.63, 3.8) is 0 Å². The van der Waals surface area contributed by atoms with E-state index in [2.05, 4.69) is 10.2 Å². The Morgan fingerprint density at radius 2 is 2.28 bits per heavy atom. The molecule has 0 amide bonds. The molecule has 7 heteroatoms. The van der Waals surface area contributed by atoms with Gasteiger partial charge in [0.2, 0.25) is 5.89 Å². The molecule has 0 fully saturated rings. The molecule has 2 aromatic rings. The van der Waals surface area contributed by atoms with Crippen LogP contribution in [0.15, 0.2) is 22.6 Å². The molecule has 0 aliphatic rings. The molecule has 1 aromatic heterocycles. The first-order valence-electron chi connectivity index (χ1n) is 5.01. The zero-order valence-electron chi connectivity index (χ0n) is 9.38. The standard InChI is InChI=1S/C11H9ClN2O4/c1-6-13-14-10(18-6)5-17-9-4-7(12)2-3-8(9)11(15)16/h2-4H,5H2,1H3,(H,15,16). The number of rotatable bonds is 4. The first kappa shape index (κ1) is 12.4. The van der Waals surface area contributed by atoms with E-state index in [9.17, 15) is 4.79 Å². The highest BCUT2D eigenvalue weighted by Crippen LogP contribution is 2.24. The number of ether oxygens (including phenoxy) is 1. The van der Waals surface area contributed by atoms with E-state index < -0.39 is 5.97 Å². The molecule has 0 saturated heterocycles. The summed E-state index contributed by atoms with van der Waals surface area (Å²) in [6, 6.07) is 4.28. The number of benzene rings is 1. The monoisotopic (exact) mass is 268 g/mol. The van der Waals surface area contributed by atoms with Crippen molar-refractivity contribution < 1.29 is 19.1 Å². The van der Waals surface area contributed by atoms with Crippen molar-refractivity contribution in [3.8, 4) is 5.75 Å². The number of carbonyl (C=O) groups is 1. The zero-order valence-corrected chi connectivity index (χ0v) is 10.1. The third kappa shape index (κ3) is 2.78. The van der Waals surface area contributed by atoms with E-state index in [1.54, 1.807) is 6.92 Å². The normalized spacial score (nSPS) is 10.3. The third-order valence-electron chi connectivity index (χ3n) is 2.09. The Morgan fingerprint density at radius 3 is 2.89 bits per heavy atom. The Balaban J connectivity index is 2.17. The lowest BCUT2D eigenvalue weighted by Crippen LogP contribution is -2.03. The number of carboxylic acid groups (broad SMARTS) is 1. The van der Waals surface area contributed by atoms with Gasteiger partial charge in [0.15, 0.2) is 6.61 Å². The highest BCUT2D eigenvalue weighted by atomic mass is 35.5. The molecular formula is C11H9ClN2O4. The van der Waals surface area contributed by atoms with Crippen molar-refractivity contribution in [2.45, 2.75) is 13.5 Å². The Hall–Kier alpha value is -2.08. The highest BCUT2D eigenvalue weighted by molar-refractivity contribution is 6.30. The van der Waals surface area contributed by atoms with Gasteiger partial charge in [-0.05, 0) is 18.2 Å². The average molecular weight is 269 g/mol. The van der Waals surface area contributed by atoms with Gasteiger partial charge in [0.1, 0.15) is 11.3 Å². The minimum atomic E-state index is -1.09. The van der Waals surface area contributed by atoms with E-state index in [-0.39, 0.29) is 23.8 Å². The summed E-state index contributed by atoms with van der Waals surface area (Å²) in [5, 5.41) is 16.7. The van der Waals surface area contributed by atoms with Crippen LogP contribution in [0, 0.1) is 6.92 Å². The largest absolute Gasteiger partial charge is 0.483 e. The maximum atomic E-state index is 11.0. The van der Waals surface area contributed by atoms with Crippen LogP contribution in [0.5, 0.6) is 5.75 Å². The Morgan fingerprint density at radius 1 is 1.50 bits per heavy atom. The molecule has 0 spiro atoms. The third-order valence-corrected chi connectivity index (χ3v) is 2.33. The molecule has 0 aliphatic heterocycles. The van der Waals surface area contributed by atoms with Crippen molar-refractivity contribution in [2.75, 3.05) is 0 Å². The van der Waals surface area contributed by atoms with Crippen molar-refractivity contribution >= 4 is 17.6 Å². The van der Waals surface area contributed by atoms with Crippen molar-refractivity contribution in [1.29, 1.82) is 0 Å². The van der Waals surface area contributed by atoms with Gasteiger partial charge in [-0.15, -0.1) is 10.2 Å². The average Bonchev–Trinajstić information content (AvgIpc) is 2.72. The fourth-order valence-electron chi connectivity index (χ4n) is 1.33. The van der Waals surface area contributed by atoms with Gasteiger partial charge in [-0.3, -0.25) is 0 Å². The second kappa shape index (κ2) is 5.05. The highest BCUT2D eigenvalue weighted by Gasteiger charge is 2.13. The minimum Gasteiger partial charge on any atom is -0.483 e. The van der Waals surface area contributed by atoms with Crippen LogP contribution in [-0.2, 0) is 6.61 Å². The molecule has 94 valence electrons. The predicted molar refractivity (Wildman–Crippen MR) is 61.8 cm³/mol. The fourth-order valence-corrected chi connectivity index (χ4v) is 1.49. The fraction of sp³-hybridized carbons (Fsp3) is 0.182. The number of hydrogen-bond donors (Lipinski definition) is 1. The summed E-state index contributed by atoms with van der Waals surface area (Å²) in [6.45, 7) is 1.64. The molecule has 0 unspecified atom stereocenters. The summed E-state index contributed by atoms with van der Waals surface area (Å²) in [6.07, 6.45) is 0. The Labute approximate surface area is 107 Å². The summed E-state index contributed by atoms with van der Waals surface area (Å²) < 4.78 is 10.4. The number of hydrogen-bond acceptors (Lipinski definition) is 5. The molecule has 0 bridgehead atoms. The number of aryl methyl sites for hydroxylation is 1. The number of carboxylic acids is 1. The lowest BCUT2D eigenvalue weighted by atomic mass is 10.2. The predicted octanol–water partition coefficient (Wildman–Crippen LogP) is 2.31. The van der Waals surface area contributed by atoms with Gasteiger partial charge in [-0.1, -0.05) is 11.6 Å². The number of aromatic nitrogens is 2. The zero-order chi connectivity index (χ0) is 13.1. The minimum absolute atomic E-state index is 0.0124. The summed E-state index contributed by atoms with van der Waals surface area (Å²) in [7, 11) is 0. The van der Waals surface area contributed by atoms with E-state index >= 15 is 0 Å². The van der Waals surface area contributed by atoms with E-state index in [0.29, 0.717) is 10.9 Å². The maximum Gasteiger partial charge on any atom is 0.339 e. The van der Waals surface area contributed by atoms with Crippen molar-refractivity contribution in [3.05, 3.63) is 40.6 Å². The van der Waals surface area contributed by atoms with Gasteiger partial charge < -0.3 is 14.3 Å². The first-order chi connectivity index (χ1) is 8.56. The lowest BCUT2D eigenvalue weighted by Gasteiger charge is -2.07. The molecule has 1 N–H and O–H groups in total. The molecular weight excluding hydrogens is 260 g/mol. The van der Waals surface area contributed by atoms with Gasteiger partial charge in [0.05, 0.1) is 0 Å². The van der Waals surface area contributed by atoms with E-state index in [1.807, 2.05) is 0 Å². The van der Waals surface area contributed by atoms with E-state index in [4.69, 9.17) is 25.9 Å². The van der Waals surface area contributed by atoms with Gasteiger partial charge in [-0.25, -0.2) is 4.79 Å². The topological polar surface area (TPSA) is 85.5 Å². The van der Waals surface area contributed by atoms with Crippen LogP contribution in [0.2, 0.25) is 5.02 Å². The Bertz CT molecular complexity index is 582. The number of halogens is 1. The maximum absolute atomic E-state index is 11.0. The van der Waals surface area contributed by atoms with Crippen LogP contribution in [-0.4, -0.2) is 21.3 Å². The second-order valence-corrected chi connectivity index (χ2v) is 3.89. The van der Waals surface area contributed by atoms with E-state index in [0.717, 1.165) is 0 Å². The van der Waals surface area contributed by atoms with Crippen LogP contribution in [0.4, 0.5) is 0 Å². The molecule has 18 heavy (non-hydrogen) atoms. The molecule has 6 nitrogen and oxygen atoms in total. The Kier molecular flexibility index (Phi) is 3.47. The van der Waals surface area contributed by atoms with E-state index in [1.165, 1.54) is 18.2 Å². The summed E-state index contributed by atoms with van der Waals surface area (Å²) in [5.41, 5.74) is 0.0237. The molecule has 2 rings (SSSR count). The molecule has 0 atom stereocenters. The molecule has 1 aromatic carbocycles. The number of nitrogens with zero attached hydrogens (tertiary/aromatic N) is 2. The molecule has 1 heterocycles.